The molecule has 2 N–H and O–H groups in total. The van der Waals surface area contributed by atoms with Gasteiger partial charge < -0.3 is 10.4 Å². The maximum Gasteiger partial charge on any atom is 0.305 e. The molecular weight excluding hydrogens is 290 g/mol. The van der Waals surface area contributed by atoms with E-state index in [4.69, 9.17) is 5.11 Å². The highest BCUT2D eigenvalue weighted by Crippen LogP contribution is 2.23. The second kappa shape index (κ2) is 8.32. The Balaban J connectivity index is 2.15. The predicted octanol–water partition coefficient (Wildman–Crippen LogP) is 4.05. The van der Waals surface area contributed by atoms with Gasteiger partial charge in [-0.1, -0.05) is 56.2 Å². The minimum Gasteiger partial charge on any atom is -0.481 e. The van der Waals surface area contributed by atoms with E-state index in [0.717, 1.165) is 35.6 Å². The summed E-state index contributed by atoms with van der Waals surface area (Å²) in [4.78, 5) is 23.2. The van der Waals surface area contributed by atoms with Crippen LogP contribution in [0, 0.1) is 0 Å². The topological polar surface area (TPSA) is 66.4 Å². The van der Waals surface area contributed by atoms with Crippen molar-refractivity contribution in [1.82, 2.24) is 5.32 Å². The van der Waals surface area contributed by atoms with Crippen molar-refractivity contribution in [2.24, 2.45) is 0 Å². The standard InChI is InChI=1S/C19H23NO3/c1-2-3-4-9-18(21)20-17(13-19(22)23)16-11-10-14-7-5-6-8-15(14)12-16/h5-8,10-12,17H,2-4,9,13H2,1H3,(H,20,21)(H,22,23)/t17-/m0/s1. The summed E-state index contributed by atoms with van der Waals surface area (Å²) >= 11 is 0. The molecular formula is C19H23NO3. The van der Waals surface area contributed by atoms with Crippen LogP contribution in [0.5, 0.6) is 0 Å². The molecule has 0 fully saturated rings. The van der Waals surface area contributed by atoms with Crippen molar-refractivity contribution >= 4 is 22.6 Å². The van der Waals surface area contributed by atoms with E-state index in [-0.39, 0.29) is 12.3 Å². The molecule has 0 bridgehead atoms. The van der Waals surface area contributed by atoms with E-state index in [0.29, 0.717) is 6.42 Å². The number of unbranched alkanes of at least 4 members (excludes halogenated alkanes) is 2. The number of carboxylic acids is 1. The number of carbonyl (C=O) groups excluding carboxylic acids is 1. The van der Waals surface area contributed by atoms with Crippen LogP contribution in [-0.2, 0) is 9.59 Å². The van der Waals surface area contributed by atoms with Gasteiger partial charge in [0.05, 0.1) is 12.5 Å². The molecule has 0 radical (unpaired) electrons. The van der Waals surface area contributed by atoms with Gasteiger partial charge in [0.15, 0.2) is 0 Å². The number of nitrogens with one attached hydrogen (secondary N) is 1. The summed E-state index contributed by atoms with van der Waals surface area (Å²) in [5.41, 5.74) is 0.829. The van der Waals surface area contributed by atoms with Gasteiger partial charge in [0.25, 0.3) is 0 Å². The van der Waals surface area contributed by atoms with E-state index in [2.05, 4.69) is 12.2 Å². The van der Waals surface area contributed by atoms with Crippen LogP contribution in [0.25, 0.3) is 10.8 Å². The Bertz CT molecular complexity index is 681. The smallest absolute Gasteiger partial charge is 0.305 e. The van der Waals surface area contributed by atoms with E-state index >= 15 is 0 Å². The molecule has 2 aromatic rings. The fourth-order valence-electron chi connectivity index (χ4n) is 2.65. The molecule has 4 heteroatoms. The highest BCUT2D eigenvalue weighted by molar-refractivity contribution is 5.84. The van der Waals surface area contributed by atoms with E-state index in [1.54, 1.807) is 0 Å². The molecule has 0 unspecified atom stereocenters. The third kappa shape index (κ3) is 5.09. The lowest BCUT2D eigenvalue weighted by atomic mass is 9.99. The van der Waals surface area contributed by atoms with Gasteiger partial charge in [-0.15, -0.1) is 0 Å². The Morgan fingerprint density at radius 2 is 1.83 bits per heavy atom. The lowest BCUT2D eigenvalue weighted by Crippen LogP contribution is -2.30. The lowest BCUT2D eigenvalue weighted by molar-refractivity contribution is -0.137. The van der Waals surface area contributed by atoms with E-state index in [1.165, 1.54) is 0 Å². The van der Waals surface area contributed by atoms with Gasteiger partial charge in [-0.2, -0.15) is 0 Å². The third-order valence-corrected chi connectivity index (χ3v) is 3.90. The number of aliphatic carboxylic acids is 1. The van der Waals surface area contributed by atoms with Crippen molar-refractivity contribution in [3.63, 3.8) is 0 Å². The summed E-state index contributed by atoms with van der Waals surface area (Å²) in [6.07, 6.45) is 3.22. The number of fused-ring (bicyclic) bond motifs is 1. The predicted molar refractivity (Wildman–Crippen MR) is 91.2 cm³/mol. The van der Waals surface area contributed by atoms with Gasteiger partial charge in [-0.3, -0.25) is 9.59 Å². The molecule has 0 aromatic heterocycles. The van der Waals surface area contributed by atoms with Crippen LogP contribution in [0.15, 0.2) is 42.5 Å². The summed E-state index contributed by atoms with van der Waals surface area (Å²) < 4.78 is 0. The minimum absolute atomic E-state index is 0.0853. The molecule has 0 aliphatic carbocycles. The van der Waals surface area contributed by atoms with Crippen LogP contribution in [-0.4, -0.2) is 17.0 Å². The minimum atomic E-state index is -0.919. The lowest BCUT2D eigenvalue weighted by Gasteiger charge is -2.18. The summed E-state index contributed by atoms with van der Waals surface area (Å²) in [5, 5.41) is 14.1. The van der Waals surface area contributed by atoms with Crippen molar-refractivity contribution in [2.75, 3.05) is 0 Å². The second-order valence-corrected chi connectivity index (χ2v) is 5.78. The van der Waals surface area contributed by atoms with Crippen LogP contribution >= 0.6 is 0 Å². The molecule has 1 atom stereocenters. The Morgan fingerprint density at radius 1 is 1.09 bits per heavy atom. The Morgan fingerprint density at radius 3 is 2.52 bits per heavy atom. The number of carbonyl (C=O) groups is 2. The highest BCUT2D eigenvalue weighted by Gasteiger charge is 2.18. The molecule has 1 amide bonds. The van der Waals surface area contributed by atoms with Gasteiger partial charge in [-0.05, 0) is 28.8 Å². The zero-order valence-electron chi connectivity index (χ0n) is 13.4. The average molecular weight is 313 g/mol. The van der Waals surface area contributed by atoms with Gasteiger partial charge >= 0.3 is 5.97 Å². The van der Waals surface area contributed by atoms with Crippen molar-refractivity contribution in [2.45, 2.75) is 45.1 Å². The van der Waals surface area contributed by atoms with Crippen molar-refractivity contribution < 1.29 is 14.7 Å². The zero-order chi connectivity index (χ0) is 16.7. The average Bonchev–Trinajstić information content (AvgIpc) is 2.53. The van der Waals surface area contributed by atoms with Crippen LogP contribution in [0.1, 0.15) is 50.6 Å². The van der Waals surface area contributed by atoms with Gasteiger partial charge in [0, 0.05) is 6.42 Å². The highest BCUT2D eigenvalue weighted by atomic mass is 16.4. The molecule has 23 heavy (non-hydrogen) atoms. The molecule has 2 rings (SSSR count). The SMILES string of the molecule is CCCCCC(=O)N[C@@H](CC(=O)O)c1ccc2ccccc2c1. The summed E-state index contributed by atoms with van der Waals surface area (Å²) in [6.45, 7) is 2.08. The first-order chi connectivity index (χ1) is 11.1. The maximum absolute atomic E-state index is 12.0. The quantitative estimate of drug-likeness (QED) is 0.722. The molecule has 0 heterocycles. The first-order valence-electron chi connectivity index (χ1n) is 8.10. The van der Waals surface area contributed by atoms with Crippen LogP contribution < -0.4 is 5.32 Å². The molecule has 0 aliphatic heterocycles. The Labute approximate surface area is 136 Å². The van der Waals surface area contributed by atoms with E-state index in [1.807, 2.05) is 42.5 Å². The fraction of sp³-hybridized carbons (Fsp3) is 0.368. The molecule has 2 aromatic carbocycles. The van der Waals surface area contributed by atoms with Crippen molar-refractivity contribution in [3.8, 4) is 0 Å². The van der Waals surface area contributed by atoms with Gasteiger partial charge in [-0.25, -0.2) is 0 Å². The number of hydrogen-bond acceptors (Lipinski definition) is 2. The fourth-order valence-corrected chi connectivity index (χ4v) is 2.65. The molecule has 0 spiro atoms. The number of rotatable bonds is 8. The number of amides is 1. The summed E-state index contributed by atoms with van der Waals surface area (Å²) in [6, 6.07) is 13.2. The first-order valence-corrected chi connectivity index (χ1v) is 8.10. The van der Waals surface area contributed by atoms with E-state index in [9.17, 15) is 9.59 Å². The maximum atomic E-state index is 12.0. The number of benzene rings is 2. The number of hydrogen-bond donors (Lipinski definition) is 2. The van der Waals surface area contributed by atoms with Crippen molar-refractivity contribution in [1.29, 1.82) is 0 Å². The van der Waals surface area contributed by atoms with Crippen LogP contribution in [0.4, 0.5) is 0 Å². The normalized spacial score (nSPS) is 12.0. The molecule has 0 aliphatic rings. The van der Waals surface area contributed by atoms with Crippen molar-refractivity contribution in [3.05, 3.63) is 48.0 Å². The number of carboxylic acid groups (broad SMARTS) is 1. The van der Waals surface area contributed by atoms with Gasteiger partial charge in [0.1, 0.15) is 0 Å². The Kier molecular flexibility index (Phi) is 6.15. The molecule has 0 saturated heterocycles. The largest absolute Gasteiger partial charge is 0.481 e. The summed E-state index contributed by atoms with van der Waals surface area (Å²) in [7, 11) is 0. The third-order valence-electron chi connectivity index (χ3n) is 3.90. The summed E-state index contributed by atoms with van der Waals surface area (Å²) in [5.74, 6) is -1.00. The Hall–Kier alpha value is -2.36. The molecule has 0 saturated carbocycles. The van der Waals surface area contributed by atoms with Crippen LogP contribution in [0.2, 0.25) is 0 Å². The molecule has 4 nitrogen and oxygen atoms in total. The second-order valence-electron chi connectivity index (χ2n) is 5.78. The van der Waals surface area contributed by atoms with Gasteiger partial charge in [0.2, 0.25) is 5.91 Å². The first kappa shape index (κ1) is 17.0. The van der Waals surface area contributed by atoms with E-state index < -0.39 is 12.0 Å². The van der Waals surface area contributed by atoms with Crippen LogP contribution in [0.3, 0.4) is 0 Å². The monoisotopic (exact) mass is 313 g/mol. The zero-order valence-corrected chi connectivity index (χ0v) is 13.4. The molecule has 122 valence electrons.